The fourth-order valence-corrected chi connectivity index (χ4v) is 2.73. The lowest BCUT2D eigenvalue weighted by molar-refractivity contribution is 0.177. The number of amides is 1. The molecule has 0 aromatic carbocycles. The topological polar surface area (TPSA) is 84.5 Å². The fraction of sp³-hybridized carbons (Fsp3) is 0.875. The van der Waals surface area contributed by atoms with E-state index in [0.29, 0.717) is 17.7 Å². The van der Waals surface area contributed by atoms with E-state index >= 15 is 0 Å². The molecule has 0 aromatic heterocycles. The summed E-state index contributed by atoms with van der Waals surface area (Å²) in [4.78, 5) is 10.8. The molecule has 0 heterocycles. The summed E-state index contributed by atoms with van der Waals surface area (Å²) < 4.78 is 31.1. The van der Waals surface area contributed by atoms with Crippen LogP contribution >= 0.6 is 15.9 Å². The lowest BCUT2D eigenvalue weighted by Crippen LogP contribution is -2.46. The van der Waals surface area contributed by atoms with Crippen LogP contribution in [0.1, 0.15) is 20.3 Å². The molecule has 0 aliphatic heterocycles. The monoisotopic (exact) mass is 316 g/mol. The van der Waals surface area contributed by atoms with Crippen LogP contribution in [0.15, 0.2) is 0 Å². The average molecular weight is 317 g/mol. The van der Waals surface area contributed by atoms with Gasteiger partial charge in [0, 0.05) is 11.4 Å². The van der Waals surface area contributed by atoms with Gasteiger partial charge in [-0.05, 0) is 12.3 Å². The second-order valence-electron chi connectivity index (χ2n) is 3.70. The van der Waals surface area contributed by atoms with Crippen molar-refractivity contribution < 1.29 is 17.9 Å². The van der Waals surface area contributed by atoms with E-state index in [0.717, 1.165) is 7.11 Å². The molecule has 0 fully saturated rings. The second kappa shape index (κ2) is 7.08. The summed E-state index contributed by atoms with van der Waals surface area (Å²) in [5.74, 6) is 0.350. The number of hydrogen-bond acceptors (Lipinski definition) is 4. The summed E-state index contributed by atoms with van der Waals surface area (Å²) in [7, 11) is -2.76. The molecule has 2 N–H and O–H groups in total. The van der Waals surface area contributed by atoms with Gasteiger partial charge in [-0.1, -0.05) is 29.8 Å². The summed E-state index contributed by atoms with van der Waals surface area (Å²) >= 11 is 3.21. The van der Waals surface area contributed by atoms with E-state index in [9.17, 15) is 13.2 Å². The standard InChI is InChI=1S/C8H17BrN2O4S/c1-6(2)4-7(5-9)10-16(13,14)11-8(12)15-3/h6-7,10H,4-5H2,1-3H3,(H,11,12). The van der Waals surface area contributed by atoms with Crippen LogP contribution in [0.5, 0.6) is 0 Å². The van der Waals surface area contributed by atoms with Crippen LogP contribution in [0.2, 0.25) is 0 Å². The molecule has 1 atom stereocenters. The average Bonchev–Trinajstić information content (AvgIpc) is 2.14. The molecule has 1 amide bonds. The van der Waals surface area contributed by atoms with Gasteiger partial charge in [-0.25, -0.2) is 9.52 Å². The van der Waals surface area contributed by atoms with Gasteiger partial charge in [0.15, 0.2) is 0 Å². The normalized spacial score (nSPS) is 13.6. The Morgan fingerprint density at radius 2 is 2.00 bits per heavy atom. The van der Waals surface area contributed by atoms with Crippen molar-refractivity contribution in [2.75, 3.05) is 12.4 Å². The van der Waals surface area contributed by atoms with E-state index in [2.05, 4.69) is 25.4 Å². The molecule has 16 heavy (non-hydrogen) atoms. The van der Waals surface area contributed by atoms with Crippen molar-refractivity contribution in [3.8, 4) is 0 Å². The Hall–Kier alpha value is -0.340. The molecule has 0 bridgehead atoms. The Morgan fingerprint density at radius 3 is 2.38 bits per heavy atom. The third-order valence-corrected chi connectivity index (χ3v) is 3.53. The zero-order chi connectivity index (χ0) is 12.8. The number of carbonyl (C=O) groups is 1. The molecule has 6 nitrogen and oxygen atoms in total. The summed E-state index contributed by atoms with van der Waals surface area (Å²) in [6.45, 7) is 3.97. The maximum absolute atomic E-state index is 11.4. The number of hydrogen-bond donors (Lipinski definition) is 2. The predicted molar refractivity (Wildman–Crippen MR) is 64.6 cm³/mol. The quantitative estimate of drug-likeness (QED) is 0.716. The first kappa shape index (κ1) is 15.7. The predicted octanol–water partition coefficient (Wildman–Crippen LogP) is 0.986. The molecule has 0 aliphatic carbocycles. The number of halogens is 1. The van der Waals surface area contributed by atoms with Gasteiger partial charge < -0.3 is 4.74 Å². The molecule has 0 saturated heterocycles. The van der Waals surface area contributed by atoms with Gasteiger partial charge >= 0.3 is 16.3 Å². The van der Waals surface area contributed by atoms with Gasteiger partial charge in [0.1, 0.15) is 0 Å². The molecule has 0 rings (SSSR count). The molecule has 0 aromatic rings. The molecular formula is C8H17BrN2O4S. The van der Waals surface area contributed by atoms with Crippen molar-refractivity contribution in [1.82, 2.24) is 9.44 Å². The SMILES string of the molecule is COC(=O)NS(=O)(=O)NC(CBr)CC(C)C. The Morgan fingerprint density at radius 1 is 1.44 bits per heavy atom. The highest BCUT2D eigenvalue weighted by Crippen LogP contribution is 2.07. The Kier molecular flexibility index (Phi) is 6.93. The molecule has 96 valence electrons. The lowest BCUT2D eigenvalue weighted by atomic mass is 10.1. The van der Waals surface area contributed by atoms with E-state index in [4.69, 9.17) is 0 Å². The van der Waals surface area contributed by atoms with Crippen LogP contribution in [0.25, 0.3) is 0 Å². The third kappa shape index (κ3) is 7.02. The number of carbonyl (C=O) groups excluding carboxylic acids is 1. The summed E-state index contributed by atoms with van der Waals surface area (Å²) in [5, 5.41) is 0.479. The third-order valence-electron chi connectivity index (χ3n) is 1.67. The molecule has 0 spiro atoms. The summed E-state index contributed by atoms with van der Waals surface area (Å²) in [5.41, 5.74) is 0. The van der Waals surface area contributed by atoms with E-state index in [1.54, 1.807) is 4.72 Å². The van der Waals surface area contributed by atoms with Gasteiger partial charge in [-0.2, -0.15) is 13.1 Å². The zero-order valence-corrected chi connectivity index (χ0v) is 11.9. The van der Waals surface area contributed by atoms with Crippen LogP contribution in [0.3, 0.4) is 0 Å². The Balaban J connectivity index is 4.37. The summed E-state index contributed by atoms with van der Waals surface area (Å²) in [6, 6.07) is -0.262. The van der Waals surface area contributed by atoms with E-state index in [-0.39, 0.29) is 6.04 Å². The minimum absolute atomic E-state index is 0.262. The highest BCUT2D eigenvalue weighted by Gasteiger charge is 2.20. The number of rotatable bonds is 6. The molecule has 0 saturated carbocycles. The van der Waals surface area contributed by atoms with Gasteiger partial charge in [0.05, 0.1) is 7.11 Å². The number of nitrogens with one attached hydrogen (secondary N) is 2. The molecule has 0 radical (unpaired) electrons. The van der Waals surface area contributed by atoms with Gasteiger partial charge in [0.2, 0.25) is 0 Å². The second-order valence-corrected chi connectivity index (χ2v) is 5.79. The minimum atomic E-state index is -3.85. The lowest BCUT2D eigenvalue weighted by Gasteiger charge is -2.17. The zero-order valence-electron chi connectivity index (χ0n) is 9.49. The first-order chi connectivity index (χ1) is 7.30. The van der Waals surface area contributed by atoms with Crippen LogP contribution in [0, 0.1) is 5.92 Å². The van der Waals surface area contributed by atoms with Crippen LogP contribution in [-0.2, 0) is 14.9 Å². The molecule has 1 unspecified atom stereocenters. The first-order valence-corrected chi connectivity index (χ1v) is 7.35. The van der Waals surface area contributed by atoms with Gasteiger partial charge in [-0.15, -0.1) is 0 Å². The van der Waals surface area contributed by atoms with Crippen LogP contribution < -0.4 is 9.44 Å². The van der Waals surface area contributed by atoms with Crippen molar-refractivity contribution >= 4 is 32.2 Å². The van der Waals surface area contributed by atoms with Crippen molar-refractivity contribution in [3.05, 3.63) is 0 Å². The maximum atomic E-state index is 11.4. The minimum Gasteiger partial charge on any atom is -0.452 e. The Labute approximate surface area is 104 Å². The van der Waals surface area contributed by atoms with Crippen molar-refractivity contribution in [1.29, 1.82) is 0 Å². The number of ether oxygens (including phenoxy) is 1. The molecule has 0 aliphatic rings. The maximum Gasteiger partial charge on any atom is 0.421 e. The molecular weight excluding hydrogens is 300 g/mol. The van der Waals surface area contributed by atoms with Crippen LogP contribution in [-0.4, -0.2) is 33.0 Å². The smallest absolute Gasteiger partial charge is 0.421 e. The van der Waals surface area contributed by atoms with Crippen LogP contribution in [0.4, 0.5) is 4.79 Å². The highest BCUT2D eigenvalue weighted by atomic mass is 79.9. The van der Waals surface area contributed by atoms with Crippen molar-refractivity contribution in [2.24, 2.45) is 5.92 Å². The van der Waals surface area contributed by atoms with Crippen molar-refractivity contribution in [3.63, 3.8) is 0 Å². The van der Waals surface area contributed by atoms with E-state index < -0.39 is 16.3 Å². The van der Waals surface area contributed by atoms with E-state index in [1.807, 2.05) is 13.8 Å². The summed E-state index contributed by atoms with van der Waals surface area (Å²) in [6.07, 6.45) is -0.335. The van der Waals surface area contributed by atoms with Gasteiger partial charge in [-0.3, -0.25) is 0 Å². The van der Waals surface area contributed by atoms with Gasteiger partial charge in [0.25, 0.3) is 0 Å². The molecule has 8 heteroatoms. The largest absolute Gasteiger partial charge is 0.452 e. The van der Waals surface area contributed by atoms with Crippen molar-refractivity contribution in [2.45, 2.75) is 26.3 Å². The first-order valence-electron chi connectivity index (χ1n) is 4.74. The fourth-order valence-electron chi connectivity index (χ4n) is 1.11. The highest BCUT2D eigenvalue weighted by molar-refractivity contribution is 9.09. The van der Waals surface area contributed by atoms with E-state index in [1.165, 1.54) is 0 Å². The Bertz CT molecular complexity index is 318. The number of methoxy groups -OCH3 is 1. The number of alkyl halides is 1.